The van der Waals surface area contributed by atoms with Crippen molar-refractivity contribution in [1.29, 1.82) is 0 Å². The predicted octanol–water partition coefficient (Wildman–Crippen LogP) is 2.65. The normalized spacial score (nSPS) is 13.4. The minimum atomic E-state index is -0.102. The van der Waals surface area contributed by atoms with Crippen molar-refractivity contribution in [2.45, 2.75) is 0 Å². The lowest BCUT2D eigenvalue weighted by atomic mass is 10.1. The van der Waals surface area contributed by atoms with Gasteiger partial charge in [-0.1, -0.05) is 12.1 Å². The molecule has 1 aliphatic rings. The first-order valence-corrected chi connectivity index (χ1v) is 5.61. The van der Waals surface area contributed by atoms with Crippen LogP contribution in [0.2, 0.25) is 0 Å². The van der Waals surface area contributed by atoms with Crippen molar-refractivity contribution >= 4 is 17.3 Å². The molecule has 90 valence electrons. The van der Waals surface area contributed by atoms with Crippen molar-refractivity contribution < 1.29 is 9.53 Å². The minimum Gasteiger partial charge on any atom is -0.454 e. The fraction of sp³-hybridized carbons (Fsp3) is 0.0714. The van der Waals surface area contributed by atoms with Gasteiger partial charge in [-0.15, -0.1) is 0 Å². The highest BCUT2D eigenvalue weighted by molar-refractivity contribution is 6.09. The van der Waals surface area contributed by atoms with E-state index in [4.69, 9.17) is 10.5 Å². The highest BCUT2D eigenvalue weighted by Crippen LogP contribution is 2.38. The number of nitrogens with two attached hydrogens (primary N) is 1. The summed E-state index contributed by atoms with van der Waals surface area (Å²) in [6, 6.07) is 12.5. The van der Waals surface area contributed by atoms with Gasteiger partial charge in [-0.25, -0.2) is 0 Å². The number of benzene rings is 2. The monoisotopic (exact) mass is 240 g/mol. The molecular formula is C14H12N2O2. The summed E-state index contributed by atoms with van der Waals surface area (Å²) in [6.07, 6.45) is 0. The van der Waals surface area contributed by atoms with Gasteiger partial charge in [0.05, 0.1) is 11.3 Å². The van der Waals surface area contributed by atoms with Crippen molar-refractivity contribution in [2.75, 3.05) is 17.7 Å². The molecule has 0 saturated heterocycles. The molecule has 2 aromatic rings. The lowest BCUT2D eigenvalue weighted by molar-refractivity contribution is 0.0993. The molecule has 0 fully saturated rings. The average molecular weight is 240 g/mol. The summed E-state index contributed by atoms with van der Waals surface area (Å²) in [6.45, 7) is 0. The molecule has 0 aliphatic carbocycles. The van der Waals surface area contributed by atoms with Gasteiger partial charge in [0, 0.05) is 18.8 Å². The molecule has 0 spiro atoms. The van der Waals surface area contributed by atoms with Crippen LogP contribution in [0.15, 0.2) is 42.5 Å². The Bertz CT molecular complexity index is 637. The van der Waals surface area contributed by atoms with Crippen molar-refractivity contribution in [1.82, 2.24) is 0 Å². The fourth-order valence-corrected chi connectivity index (χ4v) is 2.03. The standard InChI is InChI=1S/C14H12N2O2/c1-16-11-4-2-3-5-12(11)18-13-8-9(15)6-7-10(13)14(16)17/h2-8H,15H2,1H3. The Morgan fingerprint density at radius 3 is 2.72 bits per heavy atom. The Labute approximate surface area is 105 Å². The lowest BCUT2D eigenvalue weighted by Gasteiger charge is -2.15. The van der Waals surface area contributed by atoms with E-state index in [0.29, 0.717) is 22.7 Å². The zero-order chi connectivity index (χ0) is 12.7. The van der Waals surface area contributed by atoms with E-state index in [1.807, 2.05) is 24.3 Å². The Morgan fingerprint density at radius 2 is 1.89 bits per heavy atom. The van der Waals surface area contributed by atoms with Crippen LogP contribution in [0.5, 0.6) is 11.5 Å². The van der Waals surface area contributed by atoms with Crippen molar-refractivity contribution in [3.8, 4) is 11.5 Å². The van der Waals surface area contributed by atoms with Crippen LogP contribution in [-0.4, -0.2) is 13.0 Å². The Hall–Kier alpha value is -2.49. The van der Waals surface area contributed by atoms with E-state index in [-0.39, 0.29) is 5.91 Å². The number of rotatable bonds is 0. The maximum absolute atomic E-state index is 12.3. The van der Waals surface area contributed by atoms with Crippen molar-refractivity contribution in [2.24, 2.45) is 0 Å². The molecule has 18 heavy (non-hydrogen) atoms. The largest absolute Gasteiger partial charge is 0.454 e. The van der Waals surface area contributed by atoms with Gasteiger partial charge < -0.3 is 15.4 Å². The number of hydrogen-bond donors (Lipinski definition) is 1. The first kappa shape index (κ1) is 10.7. The van der Waals surface area contributed by atoms with E-state index in [0.717, 1.165) is 5.69 Å². The molecule has 0 radical (unpaired) electrons. The third kappa shape index (κ3) is 1.50. The van der Waals surface area contributed by atoms with Crippen LogP contribution in [0.1, 0.15) is 10.4 Å². The summed E-state index contributed by atoms with van der Waals surface area (Å²) in [5, 5.41) is 0. The van der Waals surface area contributed by atoms with Crippen LogP contribution >= 0.6 is 0 Å². The lowest BCUT2D eigenvalue weighted by Crippen LogP contribution is -2.25. The topological polar surface area (TPSA) is 55.6 Å². The van der Waals surface area contributed by atoms with Gasteiger partial charge >= 0.3 is 0 Å². The van der Waals surface area contributed by atoms with Crippen molar-refractivity contribution in [3.63, 3.8) is 0 Å². The van der Waals surface area contributed by atoms with Gasteiger partial charge in [-0.2, -0.15) is 0 Å². The molecule has 2 aromatic carbocycles. The summed E-state index contributed by atoms with van der Waals surface area (Å²) in [5.74, 6) is 1.05. The maximum atomic E-state index is 12.3. The third-order valence-corrected chi connectivity index (χ3v) is 2.99. The Balaban J connectivity index is 2.24. The summed E-state index contributed by atoms with van der Waals surface area (Å²) in [4.78, 5) is 13.9. The Morgan fingerprint density at radius 1 is 1.11 bits per heavy atom. The molecule has 1 heterocycles. The van der Waals surface area contributed by atoms with Crippen LogP contribution in [0.25, 0.3) is 0 Å². The SMILES string of the molecule is CN1C(=O)c2ccc(N)cc2Oc2ccccc21. The molecule has 0 atom stereocenters. The number of fused-ring (bicyclic) bond motifs is 2. The van der Waals surface area contributed by atoms with Gasteiger partial charge in [-0.05, 0) is 24.3 Å². The first-order chi connectivity index (χ1) is 8.66. The summed E-state index contributed by atoms with van der Waals surface area (Å²) >= 11 is 0. The Kier molecular flexibility index (Phi) is 2.23. The molecule has 3 rings (SSSR count). The molecule has 4 heteroatoms. The minimum absolute atomic E-state index is 0.102. The molecule has 0 unspecified atom stereocenters. The zero-order valence-corrected chi connectivity index (χ0v) is 9.88. The van der Waals surface area contributed by atoms with E-state index in [2.05, 4.69) is 0 Å². The molecule has 4 nitrogen and oxygen atoms in total. The van der Waals surface area contributed by atoms with Crippen LogP contribution in [0.4, 0.5) is 11.4 Å². The third-order valence-electron chi connectivity index (χ3n) is 2.99. The number of para-hydroxylation sites is 2. The van der Waals surface area contributed by atoms with E-state index < -0.39 is 0 Å². The number of nitrogen functional groups attached to an aromatic ring is 1. The number of anilines is 2. The number of amides is 1. The predicted molar refractivity (Wildman–Crippen MR) is 70.1 cm³/mol. The molecule has 0 bridgehead atoms. The average Bonchev–Trinajstić information content (AvgIpc) is 2.47. The van der Waals surface area contributed by atoms with Gasteiger partial charge in [0.25, 0.3) is 5.91 Å². The van der Waals surface area contributed by atoms with Gasteiger partial charge in [0.15, 0.2) is 5.75 Å². The second-order valence-corrected chi connectivity index (χ2v) is 4.19. The van der Waals surface area contributed by atoms with Gasteiger partial charge in [0.1, 0.15) is 5.75 Å². The van der Waals surface area contributed by atoms with E-state index in [1.54, 1.807) is 30.1 Å². The number of carbonyl (C=O) groups excluding carboxylic acids is 1. The zero-order valence-electron chi connectivity index (χ0n) is 9.88. The van der Waals surface area contributed by atoms with E-state index in [1.165, 1.54) is 0 Å². The van der Waals surface area contributed by atoms with Crippen LogP contribution in [0.3, 0.4) is 0 Å². The van der Waals surface area contributed by atoms with Crippen LogP contribution in [-0.2, 0) is 0 Å². The second-order valence-electron chi connectivity index (χ2n) is 4.19. The molecule has 1 aliphatic heterocycles. The molecule has 2 N–H and O–H groups in total. The molecule has 0 aromatic heterocycles. The molecule has 0 saturated carbocycles. The van der Waals surface area contributed by atoms with Crippen LogP contribution < -0.4 is 15.4 Å². The molecular weight excluding hydrogens is 228 g/mol. The van der Waals surface area contributed by atoms with Crippen molar-refractivity contribution in [3.05, 3.63) is 48.0 Å². The van der Waals surface area contributed by atoms with Gasteiger partial charge in [0.2, 0.25) is 0 Å². The number of carbonyl (C=O) groups is 1. The summed E-state index contributed by atoms with van der Waals surface area (Å²) < 4.78 is 5.78. The van der Waals surface area contributed by atoms with Crippen LogP contribution in [0, 0.1) is 0 Å². The summed E-state index contributed by atoms with van der Waals surface area (Å²) in [7, 11) is 1.73. The number of nitrogens with zero attached hydrogens (tertiary/aromatic N) is 1. The smallest absolute Gasteiger partial charge is 0.261 e. The number of hydrogen-bond acceptors (Lipinski definition) is 3. The fourth-order valence-electron chi connectivity index (χ4n) is 2.03. The first-order valence-electron chi connectivity index (χ1n) is 5.61. The highest BCUT2D eigenvalue weighted by atomic mass is 16.5. The highest BCUT2D eigenvalue weighted by Gasteiger charge is 2.25. The van der Waals surface area contributed by atoms with Gasteiger partial charge in [-0.3, -0.25) is 4.79 Å². The maximum Gasteiger partial charge on any atom is 0.261 e. The van der Waals surface area contributed by atoms with E-state index >= 15 is 0 Å². The van der Waals surface area contributed by atoms with E-state index in [9.17, 15) is 4.79 Å². The summed E-state index contributed by atoms with van der Waals surface area (Å²) in [5.41, 5.74) is 7.56. The number of ether oxygens (including phenoxy) is 1. The second kappa shape index (κ2) is 3.77. The molecule has 1 amide bonds. The quantitative estimate of drug-likeness (QED) is 0.720.